The largest absolute Gasteiger partial charge is 0.493 e. The lowest BCUT2D eigenvalue weighted by molar-refractivity contribution is 0.150. The standard InChI is InChI=1S/C25H30N2O2.ClH/c1-26(2)22-10-6-19(7-11-22)8-12-24-15-21-9-13-23(16-25(21)29-24)28-18-20-5-4-14-27(3)17-20;/h6-13,15-16,20H,4-5,14,17-18H2,1-3H3;1H/b12-8+;. The summed E-state index contributed by atoms with van der Waals surface area (Å²) in [6.07, 6.45) is 6.60. The zero-order valence-corrected chi connectivity index (χ0v) is 18.8. The molecule has 0 aliphatic carbocycles. The van der Waals surface area contributed by atoms with Crippen LogP contribution in [-0.2, 0) is 0 Å². The first-order chi connectivity index (χ1) is 14.1. The molecular formula is C25H31ClN2O2. The molecule has 0 spiro atoms. The SMILES string of the molecule is CN1CCCC(COc2ccc3cc(/C=C/c4ccc(N(C)C)cc4)oc3c2)C1.Cl. The molecule has 0 saturated carbocycles. The Morgan fingerprint density at radius 1 is 1.10 bits per heavy atom. The second kappa shape index (κ2) is 10.1. The number of furan rings is 1. The van der Waals surface area contributed by atoms with Gasteiger partial charge in [0.25, 0.3) is 0 Å². The lowest BCUT2D eigenvalue weighted by atomic mass is 10.00. The number of likely N-dealkylation sites (tertiary alicyclic amines) is 1. The van der Waals surface area contributed by atoms with Crippen LogP contribution in [0.25, 0.3) is 23.1 Å². The van der Waals surface area contributed by atoms with Gasteiger partial charge in [-0.05, 0) is 68.4 Å². The van der Waals surface area contributed by atoms with Crippen LogP contribution in [0.5, 0.6) is 5.75 Å². The van der Waals surface area contributed by atoms with Crippen LogP contribution in [0.1, 0.15) is 24.2 Å². The minimum Gasteiger partial charge on any atom is -0.493 e. The quantitative estimate of drug-likeness (QED) is 0.497. The van der Waals surface area contributed by atoms with E-state index in [0.29, 0.717) is 5.92 Å². The molecule has 2 aromatic carbocycles. The molecule has 3 aromatic rings. The van der Waals surface area contributed by atoms with Crippen molar-refractivity contribution in [2.75, 3.05) is 45.7 Å². The fourth-order valence-corrected chi connectivity index (χ4v) is 3.89. The summed E-state index contributed by atoms with van der Waals surface area (Å²) in [6, 6.07) is 16.7. The van der Waals surface area contributed by atoms with Gasteiger partial charge < -0.3 is 19.0 Å². The van der Waals surface area contributed by atoms with Crippen molar-refractivity contribution < 1.29 is 9.15 Å². The van der Waals surface area contributed by atoms with Crippen molar-refractivity contribution in [1.82, 2.24) is 4.90 Å². The highest BCUT2D eigenvalue weighted by atomic mass is 35.5. The Morgan fingerprint density at radius 3 is 2.63 bits per heavy atom. The van der Waals surface area contributed by atoms with Crippen LogP contribution in [0.4, 0.5) is 5.69 Å². The van der Waals surface area contributed by atoms with E-state index in [1.165, 1.54) is 25.1 Å². The van der Waals surface area contributed by atoms with Crippen LogP contribution in [-0.4, -0.2) is 45.7 Å². The van der Waals surface area contributed by atoms with Gasteiger partial charge in [-0.2, -0.15) is 0 Å². The maximum Gasteiger partial charge on any atom is 0.138 e. The highest BCUT2D eigenvalue weighted by Gasteiger charge is 2.17. The maximum atomic E-state index is 6.06. The number of hydrogen-bond acceptors (Lipinski definition) is 4. The number of anilines is 1. The molecule has 1 atom stereocenters. The summed E-state index contributed by atoms with van der Waals surface area (Å²) >= 11 is 0. The van der Waals surface area contributed by atoms with Gasteiger partial charge in [-0.25, -0.2) is 0 Å². The topological polar surface area (TPSA) is 28.9 Å². The minimum atomic E-state index is 0. The minimum absolute atomic E-state index is 0. The number of nitrogens with zero attached hydrogens (tertiary/aromatic N) is 2. The number of benzene rings is 2. The molecule has 1 fully saturated rings. The zero-order chi connectivity index (χ0) is 20.2. The third-order valence-corrected chi connectivity index (χ3v) is 5.57. The van der Waals surface area contributed by atoms with Gasteiger partial charge in [-0.3, -0.25) is 0 Å². The van der Waals surface area contributed by atoms with Crippen molar-refractivity contribution in [2.24, 2.45) is 5.92 Å². The highest BCUT2D eigenvalue weighted by Crippen LogP contribution is 2.26. The summed E-state index contributed by atoms with van der Waals surface area (Å²) in [5.74, 6) is 2.34. The maximum absolute atomic E-state index is 6.06. The summed E-state index contributed by atoms with van der Waals surface area (Å²) in [5, 5.41) is 1.09. The molecule has 0 amide bonds. The lowest BCUT2D eigenvalue weighted by Gasteiger charge is -2.29. The molecule has 1 unspecified atom stereocenters. The van der Waals surface area contributed by atoms with Crippen molar-refractivity contribution in [2.45, 2.75) is 12.8 Å². The van der Waals surface area contributed by atoms with E-state index >= 15 is 0 Å². The Hall–Kier alpha value is -2.43. The van der Waals surface area contributed by atoms with Gasteiger partial charge in [0.05, 0.1) is 6.61 Å². The summed E-state index contributed by atoms with van der Waals surface area (Å²) in [5.41, 5.74) is 3.21. The summed E-state index contributed by atoms with van der Waals surface area (Å²) in [4.78, 5) is 4.48. The van der Waals surface area contributed by atoms with Crippen molar-refractivity contribution >= 4 is 41.2 Å². The summed E-state index contributed by atoms with van der Waals surface area (Å²) in [6.45, 7) is 3.09. The second-order valence-corrected chi connectivity index (χ2v) is 8.25. The summed E-state index contributed by atoms with van der Waals surface area (Å²) < 4.78 is 12.1. The number of fused-ring (bicyclic) bond motifs is 1. The fourth-order valence-electron chi connectivity index (χ4n) is 3.89. The van der Waals surface area contributed by atoms with Crippen molar-refractivity contribution in [3.63, 3.8) is 0 Å². The predicted molar refractivity (Wildman–Crippen MR) is 129 cm³/mol. The average Bonchev–Trinajstić information content (AvgIpc) is 3.13. The first-order valence-corrected chi connectivity index (χ1v) is 10.4. The third-order valence-electron chi connectivity index (χ3n) is 5.57. The molecular weight excluding hydrogens is 396 g/mol. The van der Waals surface area contributed by atoms with E-state index in [1.54, 1.807) is 0 Å². The molecule has 5 heteroatoms. The van der Waals surface area contributed by atoms with Gasteiger partial charge in [0, 0.05) is 43.7 Å². The Bertz CT molecular complexity index is 978. The Balaban J connectivity index is 0.00000256. The van der Waals surface area contributed by atoms with E-state index in [2.05, 4.69) is 59.3 Å². The number of rotatable bonds is 6. The first-order valence-electron chi connectivity index (χ1n) is 10.4. The van der Waals surface area contributed by atoms with Gasteiger partial charge in [-0.1, -0.05) is 18.2 Å². The van der Waals surface area contributed by atoms with Gasteiger partial charge in [-0.15, -0.1) is 12.4 Å². The van der Waals surface area contributed by atoms with E-state index in [1.807, 2.05) is 32.3 Å². The smallest absolute Gasteiger partial charge is 0.138 e. The van der Waals surface area contributed by atoms with Crippen LogP contribution < -0.4 is 9.64 Å². The molecule has 1 saturated heterocycles. The van der Waals surface area contributed by atoms with E-state index < -0.39 is 0 Å². The molecule has 30 heavy (non-hydrogen) atoms. The van der Waals surface area contributed by atoms with Crippen molar-refractivity contribution in [3.8, 4) is 5.75 Å². The molecule has 1 aliphatic rings. The van der Waals surface area contributed by atoms with Crippen LogP contribution in [0.15, 0.2) is 52.9 Å². The van der Waals surface area contributed by atoms with Gasteiger partial charge in [0.2, 0.25) is 0 Å². The van der Waals surface area contributed by atoms with Crippen LogP contribution in [0.3, 0.4) is 0 Å². The zero-order valence-electron chi connectivity index (χ0n) is 18.0. The summed E-state index contributed by atoms with van der Waals surface area (Å²) in [7, 11) is 6.28. The molecule has 2 heterocycles. The fraction of sp³-hybridized carbons (Fsp3) is 0.360. The molecule has 1 aliphatic heterocycles. The number of ether oxygens (including phenoxy) is 1. The normalized spacial score (nSPS) is 17.2. The monoisotopic (exact) mass is 426 g/mol. The Kier molecular flexibility index (Phi) is 7.46. The average molecular weight is 427 g/mol. The molecule has 0 bridgehead atoms. The molecule has 4 nitrogen and oxygen atoms in total. The molecule has 4 rings (SSSR count). The third kappa shape index (κ3) is 5.59. The molecule has 1 aromatic heterocycles. The van der Waals surface area contributed by atoms with E-state index in [9.17, 15) is 0 Å². The molecule has 160 valence electrons. The second-order valence-electron chi connectivity index (χ2n) is 8.25. The number of halogens is 1. The molecule has 0 N–H and O–H groups in total. The highest BCUT2D eigenvalue weighted by molar-refractivity contribution is 5.85. The Morgan fingerprint density at radius 2 is 1.90 bits per heavy atom. The number of piperidine rings is 1. The first kappa shape index (κ1) is 22.3. The van der Waals surface area contributed by atoms with Crippen LogP contribution in [0, 0.1) is 5.92 Å². The number of hydrogen-bond donors (Lipinski definition) is 0. The lowest BCUT2D eigenvalue weighted by Crippen LogP contribution is -2.34. The van der Waals surface area contributed by atoms with E-state index in [-0.39, 0.29) is 12.4 Å². The predicted octanol–water partition coefficient (Wildman–Crippen LogP) is 5.81. The molecule has 0 radical (unpaired) electrons. The van der Waals surface area contributed by atoms with E-state index in [4.69, 9.17) is 9.15 Å². The van der Waals surface area contributed by atoms with Crippen molar-refractivity contribution in [1.29, 1.82) is 0 Å². The Labute approximate surface area is 185 Å². The van der Waals surface area contributed by atoms with Crippen molar-refractivity contribution in [3.05, 3.63) is 59.9 Å². The van der Waals surface area contributed by atoms with Crippen LogP contribution >= 0.6 is 12.4 Å². The van der Waals surface area contributed by atoms with Crippen LogP contribution in [0.2, 0.25) is 0 Å². The van der Waals surface area contributed by atoms with Gasteiger partial charge in [0.1, 0.15) is 17.1 Å². The van der Waals surface area contributed by atoms with Gasteiger partial charge >= 0.3 is 0 Å². The van der Waals surface area contributed by atoms with Gasteiger partial charge in [0.15, 0.2) is 0 Å². The van der Waals surface area contributed by atoms with E-state index in [0.717, 1.165) is 41.2 Å².